The van der Waals surface area contributed by atoms with Gasteiger partial charge in [-0.1, -0.05) is 27.2 Å². The second-order valence-electron chi connectivity index (χ2n) is 6.42. The molecule has 106 valence electrons. The normalized spacial score (nSPS) is 19.6. The van der Waals surface area contributed by atoms with Gasteiger partial charge in [0.15, 0.2) is 0 Å². The molecule has 0 aliphatic heterocycles. The van der Waals surface area contributed by atoms with Gasteiger partial charge in [-0.3, -0.25) is 0 Å². The van der Waals surface area contributed by atoms with Crippen molar-refractivity contribution in [1.82, 2.24) is 9.97 Å². The van der Waals surface area contributed by atoms with Crippen molar-refractivity contribution in [2.75, 3.05) is 5.73 Å². The van der Waals surface area contributed by atoms with Gasteiger partial charge >= 0.3 is 0 Å². The Kier molecular flexibility index (Phi) is 4.49. The molecule has 0 saturated heterocycles. The Morgan fingerprint density at radius 1 is 1.26 bits per heavy atom. The average Bonchev–Trinajstić information content (AvgIpc) is 2.35. The Balaban J connectivity index is 2.21. The quantitative estimate of drug-likeness (QED) is 0.892. The van der Waals surface area contributed by atoms with E-state index in [2.05, 4.69) is 41.7 Å². The number of anilines is 1. The molecule has 1 aliphatic carbocycles. The summed E-state index contributed by atoms with van der Waals surface area (Å²) in [7, 11) is 0. The van der Waals surface area contributed by atoms with E-state index < -0.39 is 0 Å². The third kappa shape index (κ3) is 3.47. The fourth-order valence-electron chi connectivity index (χ4n) is 2.78. The summed E-state index contributed by atoms with van der Waals surface area (Å²) in [5, 5.41) is 0. The Morgan fingerprint density at radius 3 is 2.47 bits per heavy atom. The molecule has 0 amide bonds. The van der Waals surface area contributed by atoms with E-state index in [-0.39, 0.29) is 0 Å². The molecule has 1 heterocycles. The predicted molar refractivity (Wildman–Crippen MR) is 83.1 cm³/mol. The van der Waals surface area contributed by atoms with Gasteiger partial charge in [0.2, 0.25) is 0 Å². The van der Waals surface area contributed by atoms with Crippen LogP contribution in [-0.2, 0) is 6.42 Å². The van der Waals surface area contributed by atoms with Crippen molar-refractivity contribution in [3.8, 4) is 0 Å². The van der Waals surface area contributed by atoms with E-state index in [1.54, 1.807) is 0 Å². The topological polar surface area (TPSA) is 51.8 Å². The molecule has 1 aromatic rings. The lowest BCUT2D eigenvalue weighted by Crippen LogP contribution is -2.22. The smallest absolute Gasteiger partial charge is 0.141 e. The minimum Gasteiger partial charge on any atom is -0.383 e. The van der Waals surface area contributed by atoms with Crippen LogP contribution in [0.3, 0.4) is 0 Å². The summed E-state index contributed by atoms with van der Waals surface area (Å²) in [5.74, 6) is 2.04. The summed E-state index contributed by atoms with van der Waals surface area (Å²) in [6.07, 6.45) is 6.89. The van der Waals surface area contributed by atoms with E-state index >= 15 is 0 Å². The molecule has 4 heteroatoms. The summed E-state index contributed by atoms with van der Waals surface area (Å²) in [6, 6.07) is 0. The third-order valence-corrected chi connectivity index (χ3v) is 5.02. The molecule has 2 rings (SSSR count). The molecule has 0 unspecified atom stereocenters. The van der Waals surface area contributed by atoms with Crippen molar-refractivity contribution >= 4 is 21.7 Å². The monoisotopic (exact) mass is 325 g/mol. The second-order valence-corrected chi connectivity index (χ2v) is 7.21. The standard InChI is InChI=1S/C15H24BrN3/c1-4-5-11-12(16)13(17)19-14(18-11)10-6-8-15(2,3)9-7-10/h10H,4-9H2,1-3H3,(H2,17,18,19). The number of aryl methyl sites for hydroxylation is 1. The molecule has 2 N–H and O–H groups in total. The third-order valence-electron chi connectivity index (χ3n) is 4.15. The van der Waals surface area contributed by atoms with Crippen LogP contribution < -0.4 is 5.73 Å². The number of nitrogens with two attached hydrogens (primary N) is 1. The number of halogens is 1. The van der Waals surface area contributed by atoms with Gasteiger partial charge in [0.1, 0.15) is 11.6 Å². The van der Waals surface area contributed by atoms with E-state index in [1.807, 2.05) is 0 Å². The highest BCUT2D eigenvalue weighted by atomic mass is 79.9. The average molecular weight is 326 g/mol. The Hall–Kier alpha value is -0.640. The lowest BCUT2D eigenvalue weighted by atomic mass is 9.73. The fraction of sp³-hybridized carbons (Fsp3) is 0.733. The molecule has 1 saturated carbocycles. The van der Waals surface area contributed by atoms with Crippen LogP contribution in [0.4, 0.5) is 5.82 Å². The highest BCUT2D eigenvalue weighted by molar-refractivity contribution is 9.10. The van der Waals surface area contributed by atoms with Crippen molar-refractivity contribution in [2.24, 2.45) is 5.41 Å². The highest BCUT2D eigenvalue weighted by Gasteiger charge is 2.29. The number of rotatable bonds is 3. The predicted octanol–water partition coefficient (Wildman–Crippen LogP) is 4.46. The highest BCUT2D eigenvalue weighted by Crippen LogP contribution is 2.42. The summed E-state index contributed by atoms with van der Waals surface area (Å²) in [5.41, 5.74) is 7.55. The molecule has 0 radical (unpaired) electrons. The summed E-state index contributed by atoms with van der Waals surface area (Å²) in [4.78, 5) is 9.26. The van der Waals surface area contributed by atoms with E-state index in [0.717, 1.165) is 28.8 Å². The Bertz CT molecular complexity index is 447. The van der Waals surface area contributed by atoms with Crippen LogP contribution in [0.1, 0.15) is 70.3 Å². The van der Waals surface area contributed by atoms with Crippen LogP contribution in [0, 0.1) is 5.41 Å². The lowest BCUT2D eigenvalue weighted by molar-refractivity contribution is 0.220. The number of nitrogens with zero attached hydrogens (tertiary/aromatic N) is 2. The van der Waals surface area contributed by atoms with Crippen molar-refractivity contribution in [1.29, 1.82) is 0 Å². The molecule has 0 bridgehead atoms. The van der Waals surface area contributed by atoms with Crippen LogP contribution in [0.15, 0.2) is 4.47 Å². The minimum absolute atomic E-state index is 0.476. The van der Waals surface area contributed by atoms with Gasteiger partial charge in [0, 0.05) is 5.92 Å². The largest absolute Gasteiger partial charge is 0.383 e. The molecular weight excluding hydrogens is 302 g/mol. The van der Waals surface area contributed by atoms with Crippen molar-refractivity contribution < 1.29 is 0 Å². The molecule has 1 aliphatic rings. The van der Waals surface area contributed by atoms with E-state index in [1.165, 1.54) is 25.7 Å². The number of aromatic nitrogens is 2. The first-order valence-corrected chi connectivity index (χ1v) is 8.04. The SMILES string of the molecule is CCCc1nc(C2CCC(C)(C)CC2)nc(N)c1Br. The summed E-state index contributed by atoms with van der Waals surface area (Å²) < 4.78 is 0.884. The minimum atomic E-state index is 0.476. The zero-order valence-corrected chi connectivity index (χ0v) is 13.8. The van der Waals surface area contributed by atoms with Crippen molar-refractivity contribution in [3.63, 3.8) is 0 Å². The molecule has 0 aromatic carbocycles. The molecule has 1 aromatic heterocycles. The number of nitrogen functional groups attached to an aromatic ring is 1. The molecule has 0 atom stereocenters. The van der Waals surface area contributed by atoms with Gasteiger partial charge in [0.25, 0.3) is 0 Å². The zero-order valence-electron chi connectivity index (χ0n) is 12.2. The van der Waals surface area contributed by atoms with Gasteiger partial charge in [0.05, 0.1) is 10.2 Å². The first kappa shape index (κ1) is 14.8. The Morgan fingerprint density at radius 2 is 1.89 bits per heavy atom. The molecule has 1 fully saturated rings. The summed E-state index contributed by atoms with van der Waals surface area (Å²) >= 11 is 3.51. The van der Waals surface area contributed by atoms with Crippen LogP contribution in [-0.4, -0.2) is 9.97 Å². The van der Waals surface area contributed by atoms with Crippen molar-refractivity contribution in [2.45, 2.75) is 65.2 Å². The molecule has 0 spiro atoms. The summed E-state index contributed by atoms with van der Waals surface area (Å²) in [6.45, 7) is 6.86. The first-order valence-electron chi connectivity index (χ1n) is 7.25. The first-order chi connectivity index (χ1) is 8.93. The fourth-order valence-corrected chi connectivity index (χ4v) is 3.15. The number of hydrogen-bond donors (Lipinski definition) is 1. The maximum Gasteiger partial charge on any atom is 0.141 e. The van der Waals surface area contributed by atoms with Gasteiger partial charge in [-0.15, -0.1) is 0 Å². The maximum atomic E-state index is 6.01. The Labute approximate surface area is 124 Å². The van der Waals surface area contributed by atoms with Gasteiger partial charge < -0.3 is 5.73 Å². The van der Waals surface area contributed by atoms with Gasteiger partial charge in [-0.05, 0) is 53.4 Å². The lowest BCUT2D eigenvalue weighted by Gasteiger charge is -2.33. The van der Waals surface area contributed by atoms with Crippen LogP contribution >= 0.6 is 15.9 Å². The van der Waals surface area contributed by atoms with Crippen LogP contribution in [0.2, 0.25) is 0 Å². The number of hydrogen-bond acceptors (Lipinski definition) is 3. The second kappa shape index (κ2) is 5.78. The van der Waals surface area contributed by atoms with E-state index in [0.29, 0.717) is 17.2 Å². The zero-order chi connectivity index (χ0) is 14.0. The van der Waals surface area contributed by atoms with E-state index in [4.69, 9.17) is 10.7 Å². The molecular formula is C15H24BrN3. The van der Waals surface area contributed by atoms with E-state index in [9.17, 15) is 0 Å². The van der Waals surface area contributed by atoms with Gasteiger partial charge in [-0.25, -0.2) is 9.97 Å². The van der Waals surface area contributed by atoms with Crippen LogP contribution in [0.25, 0.3) is 0 Å². The molecule has 19 heavy (non-hydrogen) atoms. The molecule has 3 nitrogen and oxygen atoms in total. The maximum absolute atomic E-state index is 6.01. The van der Waals surface area contributed by atoms with Crippen molar-refractivity contribution in [3.05, 3.63) is 16.0 Å². The van der Waals surface area contributed by atoms with Gasteiger partial charge in [-0.2, -0.15) is 0 Å². The van der Waals surface area contributed by atoms with Crippen LogP contribution in [0.5, 0.6) is 0 Å².